The van der Waals surface area contributed by atoms with Gasteiger partial charge in [-0.25, -0.2) is 0 Å². The third-order valence-corrected chi connectivity index (χ3v) is 1.88. The van der Waals surface area contributed by atoms with Crippen LogP contribution in [0.15, 0.2) is 0 Å². The Morgan fingerprint density at radius 1 is 1.27 bits per heavy atom. The molecule has 0 amide bonds. The van der Waals surface area contributed by atoms with Crippen molar-refractivity contribution in [2.24, 2.45) is 0 Å². The van der Waals surface area contributed by atoms with Gasteiger partial charge in [-0.3, -0.25) is 14.4 Å². The Kier molecular flexibility index (Phi) is 4.97. The van der Waals surface area contributed by atoms with Gasteiger partial charge in [-0.15, -0.1) is 0 Å². The molecule has 0 fully saturated rings. The minimum Gasteiger partial charge on any atom is -0.481 e. The summed E-state index contributed by atoms with van der Waals surface area (Å²) in [5.41, 5.74) is -1.23. The Bertz CT molecular complexity index is 253. The predicted octanol–water partition coefficient (Wildman–Crippen LogP) is 1.15. The number of carboxylic acid groups (broad SMARTS) is 1. The molecular formula is C10H16O5. The second-order valence-electron chi connectivity index (χ2n) is 3.68. The molecule has 5 heteroatoms. The molecule has 0 rings (SSSR count). The first kappa shape index (κ1) is 13.6. The van der Waals surface area contributed by atoms with E-state index in [0.717, 1.165) is 0 Å². The van der Waals surface area contributed by atoms with E-state index in [1.165, 1.54) is 13.8 Å². The molecule has 0 heterocycles. The Labute approximate surface area is 88.4 Å². The van der Waals surface area contributed by atoms with E-state index in [4.69, 9.17) is 9.84 Å². The minimum absolute atomic E-state index is 0.0601. The van der Waals surface area contributed by atoms with Gasteiger partial charge in [-0.05, 0) is 6.92 Å². The quantitative estimate of drug-likeness (QED) is 0.673. The van der Waals surface area contributed by atoms with Crippen LogP contribution in [0.5, 0.6) is 0 Å². The third kappa shape index (κ3) is 5.83. The van der Waals surface area contributed by atoms with Crippen molar-refractivity contribution in [3.05, 3.63) is 0 Å². The number of rotatable bonds is 6. The smallest absolute Gasteiger partial charge is 0.307 e. The van der Waals surface area contributed by atoms with Gasteiger partial charge >= 0.3 is 11.9 Å². The van der Waals surface area contributed by atoms with Crippen molar-refractivity contribution in [3.63, 3.8) is 0 Å². The molecule has 0 bridgehead atoms. The van der Waals surface area contributed by atoms with Gasteiger partial charge < -0.3 is 9.84 Å². The molecule has 1 N–H and O–H groups in total. The fraction of sp³-hybridized carbons (Fsp3) is 0.700. The van der Waals surface area contributed by atoms with Crippen LogP contribution in [0.4, 0.5) is 0 Å². The van der Waals surface area contributed by atoms with Crippen LogP contribution in [0, 0.1) is 0 Å². The van der Waals surface area contributed by atoms with E-state index in [9.17, 15) is 14.4 Å². The number of carbonyl (C=O) groups is 3. The lowest BCUT2D eigenvalue weighted by atomic mass is 9.94. The minimum atomic E-state index is -1.23. The number of aliphatic carboxylic acids is 1. The van der Waals surface area contributed by atoms with Crippen molar-refractivity contribution in [1.82, 2.24) is 0 Å². The number of esters is 1. The number of hydrogen-bond acceptors (Lipinski definition) is 4. The van der Waals surface area contributed by atoms with Crippen molar-refractivity contribution < 1.29 is 24.2 Å². The van der Waals surface area contributed by atoms with E-state index in [0.29, 0.717) is 6.42 Å². The van der Waals surface area contributed by atoms with E-state index in [1.54, 1.807) is 6.92 Å². The highest BCUT2D eigenvalue weighted by molar-refractivity contribution is 5.81. The maximum Gasteiger partial charge on any atom is 0.307 e. The molecule has 0 aliphatic rings. The van der Waals surface area contributed by atoms with Crippen molar-refractivity contribution >= 4 is 17.7 Å². The van der Waals surface area contributed by atoms with Crippen LogP contribution in [-0.4, -0.2) is 28.4 Å². The van der Waals surface area contributed by atoms with Crippen LogP contribution < -0.4 is 0 Å². The highest BCUT2D eigenvalue weighted by atomic mass is 16.6. The predicted molar refractivity (Wildman–Crippen MR) is 52.3 cm³/mol. The first-order valence-electron chi connectivity index (χ1n) is 4.72. The molecule has 1 atom stereocenters. The Morgan fingerprint density at radius 2 is 1.80 bits per heavy atom. The molecule has 0 aliphatic carbocycles. The van der Waals surface area contributed by atoms with Gasteiger partial charge in [0.2, 0.25) is 0 Å². The second kappa shape index (κ2) is 5.48. The van der Waals surface area contributed by atoms with Crippen LogP contribution in [0.3, 0.4) is 0 Å². The van der Waals surface area contributed by atoms with Crippen LogP contribution in [0.1, 0.15) is 40.0 Å². The molecule has 0 saturated heterocycles. The summed E-state index contributed by atoms with van der Waals surface area (Å²) in [6, 6.07) is 0. The summed E-state index contributed by atoms with van der Waals surface area (Å²) in [6.07, 6.45) is -0.121. The maximum atomic E-state index is 11.2. The Morgan fingerprint density at radius 3 is 2.13 bits per heavy atom. The van der Waals surface area contributed by atoms with Crippen LogP contribution in [-0.2, 0) is 19.1 Å². The molecule has 0 unspecified atom stereocenters. The summed E-state index contributed by atoms with van der Waals surface area (Å²) in [7, 11) is 0. The van der Waals surface area contributed by atoms with Gasteiger partial charge in [0.1, 0.15) is 11.4 Å². The molecule has 15 heavy (non-hydrogen) atoms. The molecule has 0 spiro atoms. The number of ether oxygens (including phenoxy) is 1. The SMILES string of the molecule is CCC(=O)C[C@@](C)(CC(=O)O)OC(C)=O. The van der Waals surface area contributed by atoms with Gasteiger partial charge in [0, 0.05) is 19.8 Å². The van der Waals surface area contributed by atoms with Crippen molar-refractivity contribution in [3.8, 4) is 0 Å². The van der Waals surface area contributed by atoms with Crippen LogP contribution in [0.25, 0.3) is 0 Å². The van der Waals surface area contributed by atoms with E-state index < -0.39 is 17.5 Å². The summed E-state index contributed by atoms with van der Waals surface area (Å²) in [4.78, 5) is 32.6. The zero-order chi connectivity index (χ0) is 12.1. The molecule has 0 aromatic heterocycles. The lowest BCUT2D eigenvalue weighted by Crippen LogP contribution is -2.36. The molecule has 0 aromatic rings. The number of carbonyl (C=O) groups excluding carboxylic acids is 2. The Hall–Kier alpha value is -1.39. The molecule has 0 aliphatic heterocycles. The van der Waals surface area contributed by atoms with E-state index in [2.05, 4.69) is 0 Å². The molecule has 0 radical (unpaired) electrons. The topological polar surface area (TPSA) is 80.7 Å². The average Bonchev–Trinajstić information content (AvgIpc) is 1.99. The van der Waals surface area contributed by atoms with Gasteiger partial charge in [0.25, 0.3) is 0 Å². The third-order valence-electron chi connectivity index (χ3n) is 1.88. The number of hydrogen-bond donors (Lipinski definition) is 1. The monoisotopic (exact) mass is 216 g/mol. The standard InChI is InChI=1S/C10H16O5/c1-4-8(12)5-10(3,6-9(13)14)15-7(2)11/h4-6H2,1-3H3,(H,13,14)/t10-/m0/s1. The van der Waals surface area contributed by atoms with E-state index in [1.807, 2.05) is 0 Å². The lowest BCUT2D eigenvalue weighted by Gasteiger charge is -2.26. The highest BCUT2D eigenvalue weighted by Gasteiger charge is 2.32. The van der Waals surface area contributed by atoms with Gasteiger partial charge in [-0.2, -0.15) is 0 Å². The summed E-state index contributed by atoms with van der Waals surface area (Å²) in [5, 5.41) is 8.64. The van der Waals surface area contributed by atoms with Crippen LogP contribution >= 0.6 is 0 Å². The molecular weight excluding hydrogens is 200 g/mol. The largest absolute Gasteiger partial charge is 0.481 e. The second-order valence-corrected chi connectivity index (χ2v) is 3.68. The number of Topliss-reactive ketones (excluding diaryl/α,β-unsaturated/α-hetero) is 1. The van der Waals surface area contributed by atoms with Crippen molar-refractivity contribution in [2.75, 3.05) is 0 Å². The normalized spacial score (nSPS) is 14.1. The summed E-state index contributed by atoms with van der Waals surface area (Å²) in [6.45, 7) is 4.32. The Balaban J connectivity index is 4.60. The van der Waals surface area contributed by atoms with Gasteiger partial charge in [0.15, 0.2) is 0 Å². The maximum absolute atomic E-state index is 11.2. The van der Waals surface area contributed by atoms with Crippen molar-refractivity contribution in [2.45, 2.75) is 45.6 Å². The fourth-order valence-electron chi connectivity index (χ4n) is 1.34. The fourth-order valence-corrected chi connectivity index (χ4v) is 1.34. The van der Waals surface area contributed by atoms with E-state index >= 15 is 0 Å². The summed E-state index contributed by atoms with van der Waals surface area (Å²) < 4.78 is 4.88. The summed E-state index contributed by atoms with van der Waals surface area (Å²) >= 11 is 0. The first-order chi connectivity index (χ1) is 6.79. The lowest BCUT2D eigenvalue weighted by molar-refractivity contribution is -0.162. The average molecular weight is 216 g/mol. The molecule has 0 aromatic carbocycles. The number of ketones is 1. The summed E-state index contributed by atoms with van der Waals surface area (Å²) in [5.74, 6) is -1.80. The highest BCUT2D eigenvalue weighted by Crippen LogP contribution is 2.21. The van der Waals surface area contributed by atoms with Crippen molar-refractivity contribution in [1.29, 1.82) is 0 Å². The molecule has 86 valence electrons. The molecule has 5 nitrogen and oxygen atoms in total. The number of carboxylic acids is 1. The van der Waals surface area contributed by atoms with E-state index in [-0.39, 0.29) is 18.6 Å². The molecule has 0 saturated carbocycles. The van der Waals surface area contributed by atoms with Crippen LogP contribution in [0.2, 0.25) is 0 Å². The van der Waals surface area contributed by atoms with Gasteiger partial charge in [-0.1, -0.05) is 6.92 Å². The zero-order valence-electron chi connectivity index (χ0n) is 9.20. The first-order valence-corrected chi connectivity index (χ1v) is 4.72. The zero-order valence-corrected chi connectivity index (χ0v) is 9.20. The van der Waals surface area contributed by atoms with Gasteiger partial charge in [0.05, 0.1) is 6.42 Å².